The summed E-state index contributed by atoms with van der Waals surface area (Å²) in [4.78, 5) is 14.6. The van der Waals surface area contributed by atoms with Crippen LogP contribution in [0.4, 0.5) is 5.69 Å². The molecule has 0 unspecified atom stereocenters. The number of hydrogen-bond donors (Lipinski definition) is 1. The van der Waals surface area contributed by atoms with Crippen LogP contribution >= 0.6 is 11.8 Å². The van der Waals surface area contributed by atoms with Crippen LogP contribution in [0.1, 0.15) is 0 Å². The third-order valence-electron chi connectivity index (χ3n) is 2.35. The molecule has 3 nitrogen and oxygen atoms in total. The van der Waals surface area contributed by atoms with Gasteiger partial charge in [0, 0.05) is 31.2 Å². The lowest BCUT2D eigenvalue weighted by Crippen LogP contribution is -2.37. The lowest BCUT2D eigenvalue weighted by Gasteiger charge is -2.26. The first-order valence-electron chi connectivity index (χ1n) is 4.89. The van der Waals surface area contributed by atoms with Gasteiger partial charge in [0.05, 0.1) is 0 Å². The Hall–Kier alpha value is -1.16. The molecule has 1 aromatic carbocycles. The molecule has 1 amide bonds. The average molecular weight is 222 g/mol. The number of hydrogen-bond acceptors (Lipinski definition) is 3. The first-order chi connectivity index (χ1) is 7.18. The van der Waals surface area contributed by atoms with E-state index in [1.807, 2.05) is 24.3 Å². The van der Waals surface area contributed by atoms with E-state index in [1.165, 1.54) is 0 Å². The summed E-state index contributed by atoms with van der Waals surface area (Å²) in [5, 5.41) is 3.28. The van der Waals surface area contributed by atoms with Crippen LogP contribution in [-0.4, -0.2) is 36.7 Å². The molecule has 1 aliphatic heterocycles. The van der Waals surface area contributed by atoms with Crippen LogP contribution in [0, 0.1) is 0 Å². The van der Waals surface area contributed by atoms with Crippen LogP contribution in [0.25, 0.3) is 0 Å². The Morgan fingerprint density at radius 3 is 2.93 bits per heavy atom. The molecule has 4 heteroatoms. The molecule has 15 heavy (non-hydrogen) atoms. The van der Waals surface area contributed by atoms with Crippen molar-refractivity contribution in [1.29, 1.82) is 0 Å². The Kier molecular flexibility index (Phi) is 2.86. The minimum atomic E-state index is -0.00472. The highest BCUT2D eigenvalue weighted by atomic mass is 32.2. The molecule has 1 atom stereocenters. The van der Waals surface area contributed by atoms with Gasteiger partial charge in [-0.2, -0.15) is 0 Å². The van der Waals surface area contributed by atoms with Gasteiger partial charge in [-0.15, -0.1) is 11.8 Å². The fraction of sp³-hybridized carbons (Fsp3) is 0.364. The zero-order valence-corrected chi connectivity index (χ0v) is 9.67. The fourth-order valence-corrected chi connectivity index (χ4v) is 2.75. The minimum absolute atomic E-state index is 0.00472. The number of amides is 1. The van der Waals surface area contributed by atoms with Gasteiger partial charge in [-0.25, -0.2) is 0 Å². The van der Waals surface area contributed by atoms with Crippen LogP contribution in [0.15, 0.2) is 29.2 Å². The lowest BCUT2D eigenvalue weighted by atomic mass is 10.3. The topological polar surface area (TPSA) is 32.3 Å². The first kappa shape index (κ1) is 10.4. The van der Waals surface area contributed by atoms with Gasteiger partial charge in [-0.1, -0.05) is 12.1 Å². The molecule has 0 fully saturated rings. The summed E-state index contributed by atoms with van der Waals surface area (Å²) in [6, 6.07) is 8.08. The standard InChI is InChI=1S/C11H14N2OS/c1-13(2)11(14)10-7-12-8-5-3-4-6-9(8)15-10/h3-6,10,12H,7H2,1-2H3/t10-/m0/s1. The summed E-state index contributed by atoms with van der Waals surface area (Å²) in [7, 11) is 3.59. The zero-order chi connectivity index (χ0) is 10.8. The van der Waals surface area contributed by atoms with E-state index < -0.39 is 0 Å². The SMILES string of the molecule is CN(C)C(=O)[C@@H]1CNc2ccccc2S1. The quantitative estimate of drug-likeness (QED) is 0.784. The van der Waals surface area contributed by atoms with Crippen molar-refractivity contribution in [2.45, 2.75) is 10.1 Å². The van der Waals surface area contributed by atoms with Crippen molar-refractivity contribution in [3.63, 3.8) is 0 Å². The summed E-state index contributed by atoms with van der Waals surface area (Å²) in [5.74, 6) is 0.169. The highest BCUT2D eigenvalue weighted by Gasteiger charge is 2.25. The lowest BCUT2D eigenvalue weighted by molar-refractivity contribution is -0.127. The molecule has 1 heterocycles. The molecule has 1 aromatic rings. The van der Waals surface area contributed by atoms with E-state index in [0.29, 0.717) is 6.54 Å². The zero-order valence-electron chi connectivity index (χ0n) is 8.86. The third kappa shape index (κ3) is 2.09. The van der Waals surface area contributed by atoms with E-state index in [9.17, 15) is 4.79 Å². The molecule has 0 bridgehead atoms. The molecular weight excluding hydrogens is 208 g/mol. The number of thioether (sulfide) groups is 1. The summed E-state index contributed by atoms with van der Waals surface area (Å²) < 4.78 is 0. The summed E-state index contributed by atoms with van der Waals surface area (Å²) in [6.45, 7) is 0.707. The maximum atomic E-state index is 11.8. The molecule has 0 aliphatic carbocycles. The number of carbonyl (C=O) groups is 1. The maximum Gasteiger partial charge on any atom is 0.237 e. The second kappa shape index (κ2) is 4.14. The van der Waals surface area contributed by atoms with Crippen molar-refractivity contribution >= 4 is 23.4 Å². The van der Waals surface area contributed by atoms with Gasteiger partial charge in [0.25, 0.3) is 0 Å². The second-order valence-corrected chi connectivity index (χ2v) is 4.96. The number of anilines is 1. The molecular formula is C11H14N2OS. The molecule has 0 spiro atoms. The Labute approximate surface area is 93.8 Å². The molecule has 0 saturated carbocycles. The maximum absolute atomic E-state index is 11.8. The Morgan fingerprint density at radius 2 is 2.20 bits per heavy atom. The Morgan fingerprint density at radius 1 is 1.47 bits per heavy atom. The van der Waals surface area contributed by atoms with Crippen LogP contribution in [0.3, 0.4) is 0 Å². The van der Waals surface area contributed by atoms with Crippen LogP contribution < -0.4 is 5.32 Å². The molecule has 0 aromatic heterocycles. The largest absolute Gasteiger partial charge is 0.382 e. The van der Waals surface area contributed by atoms with E-state index in [1.54, 1.807) is 30.8 Å². The van der Waals surface area contributed by atoms with Crippen LogP contribution in [-0.2, 0) is 4.79 Å². The van der Waals surface area contributed by atoms with E-state index >= 15 is 0 Å². The molecule has 1 N–H and O–H groups in total. The molecule has 80 valence electrons. The summed E-state index contributed by atoms with van der Waals surface area (Å²) in [5.41, 5.74) is 1.13. The number of rotatable bonds is 1. The van der Waals surface area contributed by atoms with Gasteiger partial charge in [-0.3, -0.25) is 4.79 Å². The van der Waals surface area contributed by atoms with E-state index in [-0.39, 0.29) is 11.2 Å². The predicted octanol–water partition coefficient (Wildman–Crippen LogP) is 1.66. The van der Waals surface area contributed by atoms with Crippen LogP contribution in [0.5, 0.6) is 0 Å². The van der Waals surface area contributed by atoms with Gasteiger partial charge in [-0.05, 0) is 12.1 Å². The number of nitrogens with zero attached hydrogens (tertiary/aromatic N) is 1. The van der Waals surface area contributed by atoms with E-state index in [4.69, 9.17) is 0 Å². The van der Waals surface area contributed by atoms with Crippen molar-refractivity contribution in [3.8, 4) is 0 Å². The Balaban J connectivity index is 2.15. The Bertz CT molecular complexity index is 379. The van der Waals surface area contributed by atoms with Gasteiger partial charge < -0.3 is 10.2 Å². The van der Waals surface area contributed by atoms with Crippen molar-refractivity contribution < 1.29 is 4.79 Å². The fourth-order valence-electron chi connectivity index (χ4n) is 1.54. The van der Waals surface area contributed by atoms with Gasteiger partial charge in [0.1, 0.15) is 5.25 Å². The van der Waals surface area contributed by atoms with Crippen molar-refractivity contribution in [2.75, 3.05) is 26.0 Å². The van der Waals surface area contributed by atoms with Crippen LogP contribution in [0.2, 0.25) is 0 Å². The van der Waals surface area contributed by atoms with Crippen molar-refractivity contribution in [3.05, 3.63) is 24.3 Å². The predicted molar refractivity (Wildman–Crippen MR) is 63.3 cm³/mol. The average Bonchev–Trinajstić information content (AvgIpc) is 2.27. The monoisotopic (exact) mass is 222 g/mol. The normalized spacial score (nSPS) is 18.9. The van der Waals surface area contributed by atoms with Gasteiger partial charge in [0.2, 0.25) is 5.91 Å². The first-order valence-corrected chi connectivity index (χ1v) is 5.77. The van der Waals surface area contributed by atoms with E-state index in [2.05, 4.69) is 5.32 Å². The van der Waals surface area contributed by atoms with Crippen molar-refractivity contribution in [1.82, 2.24) is 4.90 Å². The number of benzene rings is 1. The van der Waals surface area contributed by atoms with Gasteiger partial charge >= 0.3 is 0 Å². The molecule has 2 rings (SSSR count). The number of nitrogens with one attached hydrogen (secondary N) is 1. The van der Waals surface area contributed by atoms with Gasteiger partial charge in [0.15, 0.2) is 0 Å². The number of fused-ring (bicyclic) bond motifs is 1. The van der Waals surface area contributed by atoms with Crippen molar-refractivity contribution in [2.24, 2.45) is 0 Å². The smallest absolute Gasteiger partial charge is 0.237 e. The molecule has 0 radical (unpaired) electrons. The third-order valence-corrected chi connectivity index (χ3v) is 3.61. The summed E-state index contributed by atoms with van der Waals surface area (Å²) >= 11 is 1.64. The molecule has 0 saturated heterocycles. The number of para-hydroxylation sites is 1. The summed E-state index contributed by atoms with van der Waals surface area (Å²) in [6.07, 6.45) is 0. The molecule has 1 aliphatic rings. The second-order valence-electron chi connectivity index (χ2n) is 3.72. The highest BCUT2D eigenvalue weighted by molar-refractivity contribution is 8.00. The highest BCUT2D eigenvalue weighted by Crippen LogP contribution is 2.34. The number of carbonyl (C=O) groups excluding carboxylic acids is 1. The van der Waals surface area contributed by atoms with E-state index in [0.717, 1.165) is 10.6 Å². The minimum Gasteiger partial charge on any atom is -0.382 e.